The number of carbonyl (C=O) groups excluding carboxylic acids is 1. The van der Waals surface area contributed by atoms with Crippen molar-refractivity contribution in [2.45, 2.75) is 39.7 Å². The predicted octanol–water partition coefficient (Wildman–Crippen LogP) is 0.963. The highest BCUT2D eigenvalue weighted by Crippen LogP contribution is 2.09. The Kier molecular flexibility index (Phi) is 3.47. The Morgan fingerprint density at radius 3 is 2.62 bits per heavy atom. The van der Waals surface area contributed by atoms with Crippen molar-refractivity contribution >= 4 is 5.97 Å². The topological polar surface area (TPSA) is 72.0 Å². The minimum absolute atomic E-state index is 0.0693. The second-order valence-corrected chi connectivity index (χ2v) is 4.63. The number of esters is 1. The molecule has 0 aliphatic carbocycles. The molecule has 0 saturated carbocycles. The molecule has 0 unspecified atom stereocenters. The standard InChI is InChI=1S/C11H16N2O3/c1-7-5-9(14)13-12-8(7)6-10(15)16-11(2,3)4/h5H,6H2,1-4H3,(H,13,14). The Balaban J connectivity index is 2.74. The van der Waals surface area contributed by atoms with Crippen LogP contribution in [0.25, 0.3) is 0 Å². The second kappa shape index (κ2) is 4.47. The molecule has 0 amide bonds. The van der Waals surface area contributed by atoms with Crippen molar-refractivity contribution in [3.63, 3.8) is 0 Å². The molecule has 0 fully saturated rings. The summed E-state index contributed by atoms with van der Waals surface area (Å²) in [5.41, 5.74) is 0.446. The van der Waals surface area contributed by atoms with Gasteiger partial charge in [0.25, 0.3) is 5.56 Å². The third-order valence-electron chi connectivity index (χ3n) is 1.84. The van der Waals surface area contributed by atoms with Crippen LogP contribution >= 0.6 is 0 Å². The van der Waals surface area contributed by atoms with E-state index >= 15 is 0 Å². The molecule has 5 nitrogen and oxygen atoms in total. The number of H-pyrrole nitrogens is 1. The van der Waals surface area contributed by atoms with Gasteiger partial charge in [-0.05, 0) is 33.3 Å². The highest BCUT2D eigenvalue weighted by atomic mass is 16.6. The average molecular weight is 224 g/mol. The van der Waals surface area contributed by atoms with Gasteiger partial charge in [0, 0.05) is 6.07 Å². The van der Waals surface area contributed by atoms with Crippen molar-refractivity contribution in [2.24, 2.45) is 0 Å². The number of rotatable bonds is 2. The number of aromatic nitrogens is 2. The zero-order chi connectivity index (χ0) is 12.3. The number of carbonyl (C=O) groups is 1. The van der Waals surface area contributed by atoms with Crippen LogP contribution in [-0.2, 0) is 16.0 Å². The van der Waals surface area contributed by atoms with Crippen LogP contribution in [0.4, 0.5) is 0 Å². The normalized spacial score (nSPS) is 11.2. The van der Waals surface area contributed by atoms with E-state index in [0.717, 1.165) is 0 Å². The molecule has 0 aliphatic rings. The molecule has 0 radical (unpaired) electrons. The first kappa shape index (κ1) is 12.4. The summed E-state index contributed by atoms with van der Waals surface area (Å²) in [6.45, 7) is 7.15. The molecule has 0 saturated heterocycles. The lowest BCUT2D eigenvalue weighted by atomic mass is 10.1. The van der Waals surface area contributed by atoms with Crippen molar-refractivity contribution in [3.05, 3.63) is 27.7 Å². The van der Waals surface area contributed by atoms with E-state index in [1.807, 2.05) is 0 Å². The fourth-order valence-corrected chi connectivity index (χ4v) is 1.22. The van der Waals surface area contributed by atoms with Crippen molar-refractivity contribution in [2.75, 3.05) is 0 Å². The fraction of sp³-hybridized carbons (Fsp3) is 0.545. The molecule has 88 valence electrons. The molecule has 1 N–H and O–H groups in total. The molecule has 1 heterocycles. The summed E-state index contributed by atoms with van der Waals surface area (Å²) in [5.74, 6) is -0.352. The number of aryl methyl sites for hydroxylation is 1. The van der Waals surface area contributed by atoms with Crippen LogP contribution < -0.4 is 5.56 Å². The summed E-state index contributed by atoms with van der Waals surface area (Å²) in [5, 5.41) is 6.11. The van der Waals surface area contributed by atoms with Gasteiger partial charge in [-0.2, -0.15) is 5.10 Å². The van der Waals surface area contributed by atoms with E-state index in [4.69, 9.17) is 4.74 Å². The van der Waals surface area contributed by atoms with Crippen LogP contribution in [0, 0.1) is 6.92 Å². The van der Waals surface area contributed by atoms with Gasteiger partial charge in [0.2, 0.25) is 0 Å². The fourth-order valence-electron chi connectivity index (χ4n) is 1.22. The van der Waals surface area contributed by atoms with Crippen LogP contribution in [0.2, 0.25) is 0 Å². The molecule has 1 aromatic heterocycles. The molecule has 0 spiro atoms. The summed E-state index contributed by atoms with van der Waals surface area (Å²) in [7, 11) is 0. The van der Waals surface area contributed by atoms with Crippen molar-refractivity contribution in [1.29, 1.82) is 0 Å². The maximum Gasteiger partial charge on any atom is 0.312 e. The SMILES string of the molecule is Cc1cc(=O)[nH]nc1CC(=O)OC(C)(C)C. The molecule has 0 aliphatic heterocycles. The zero-order valence-electron chi connectivity index (χ0n) is 9.96. The summed E-state index contributed by atoms with van der Waals surface area (Å²) >= 11 is 0. The Morgan fingerprint density at radius 2 is 2.12 bits per heavy atom. The molecule has 0 aromatic carbocycles. The Hall–Kier alpha value is -1.65. The van der Waals surface area contributed by atoms with Crippen LogP contribution in [0.3, 0.4) is 0 Å². The van der Waals surface area contributed by atoms with Crippen molar-refractivity contribution in [1.82, 2.24) is 10.2 Å². The van der Waals surface area contributed by atoms with E-state index in [0.29, 0.717) is 11.3 Å². The molecule has 1 aromatic rings. The average Bonchev–Trinajstić information content (AvgIpc) is 2.06. The number of aromatic amines is 1. The lowest BCUT2D eigenvalue weighted by Gasteiger charge is -2.19. The first-order valence-corrected chi connectivity index (χ1v) is 5.05. The number of ether oxygens (including phenoxy) is 1. The molecule has 5 heteroatoms. The van der Waals surface area contributed by atoms with Crippen LogP contribution in [0.5, 0.6) is 0 Å². The summed E-state index contributed by atoms with van der Waals surface area (Å²) < 4.78 is 5.16. The van der Waals surface area contributed by atoms with Crippen molar-refractivity contribution < 1.29 is 9.53 Å². The second-order valence-electron chi connectivity index (χ2n) is 4.63. The van der Waals surface area contributed by atoms with Gasteiger partial charge in [-0.1, -0.05) is 0 Å². The lowest BCUT2D eigenvalue weighted by Crippen LogP contribution is -2.25. The molecule has 1 rings (SSSR count). The highest BCUT2D eigenvalue weighted by Gasteiger charge is 2.17. The number of hydrogen-bond acceptors (Lipinski definition) is 4. The number of hydrogen-bond donors (Lipinski definition) is 1. The number of nitrogens with zero attached hydrogens (tertiary/aromatic N) is 1. The Morgan fingerprint density at radius 1 is 1.50 bits per heavy atom. The quantitative estimate of drug-likeness (QED) is 0.759. The van der Waals surface area contributed by atoms with Gasteiger partial charge in [0.1, 0.15) is 5.60 Å². The smallest absolute Gasteiger partial charge is 0.312 e. The van der Waals surface area contributed by atoms with E-state index in [9.17, 15) is 9.59 Å². The summed E-state index contributed by atoms with van der Waals surface area (Å²) in [6.07, 6.45) is 0.0693. The predicted molar refractivity (Wildman–Crippen MR) is 59.1 cm³/mol. The lowest BCUT2D eigenvalue weighted by molar-refractivity contribution is -0.154. The zero-order valence-corrected chi connectivity index (χ0v) is 9.96. The van der Waals surface area contributed by atoms with Gasteiger partial charge in [-0.25, -0.2) is 5.10 Å². The monoisotopic (exact) mass is 224 g/mol. The molecule has 16 heavy (non-hydrogen) atoms. The first-order valence-electron chi connectivity index (χ1n) is 5.05. The van der Waals surface area contributed by atoms with Crippen LogP contribution in [-0.4, -0.2) is 21.8 Å². The summed E-state index contributed by atoms with van der Waals surface area (Å²) in [4.78, 5) is 22.4. The molecule has 0 bridgehead atoms. The van der Waals surface area contributed by atoms with Crippen LogP contribution in [0.1, 0.15) is 32.0 Å². The third kappa shape index (κ3) is 3.84. The van der Waals surface area contributed by atoms with E-state index in [2.05, 4.69) is 10.2 Å². The summed E-state index contributed by atoms with van der Waals surface area (Å²) in [6, 6.07) is 1.41. The van der Waals surface area contributed by atoms with Crippen molar-refractivity contribution in [3.8, 4) is 0 Å². The largest absolute Gasteiger partial charge is 0.460 e. The highest BCUT2D eigenvalue weighted by molar-refractivity contribution is 5.72. The number of nitrogens with one attached hydrogen (secondary N) is 1. The van der Waals surface area contributed by atoms with E-state index in [-0.39, 0.29) is 17.9 Å². The van der Waals surface area contributed by atoms with Gasteiger partial charge in [0.15, 0.2) is 0 Å². The third-order valence-corrected chi connectivity index (χ3v) is 1.84. The van der Waals surface area contributed by atoms with Gasteiger partial charge in [-0.15, -0.1) is 0 Å². The van der Waals surface area contributed by atoms with E-state index in [1.54, 1.807) is 27.7 Å². The van der Waals surface area contributed by atoms with E-state index in [1.165, 1.54) is 6.07 Å². The minimum Gasteiger partial charge on any atom is -0.460 e. The van der Waals surface area contributed by atoms with Gasteiger partial charge < -0.3 is 4.74 Å². The van der Waals surface area contributed by atoms with Crippen LogP contribution in [0.15, 0.2) is 10.9 Å². The minimum atomic E-state index is -0.507. The van der Waals surface area contributed by atoms with Gasteiger partial charge in [0.05, 0.1) is 12.1 Å². The molecular formula is C11H16N2O3. The van der Waals surface area contributed by atoms with Gasteiger partial charge >= 0.3 is 5.97 Å². The van der Waals surface area contributed by atoms with Gasteiger partial charge in [-0.3, -0.25) is 9.59 Å². The first-order chi connectivity index (χ1) is 7.28. The molecule has 0 atom stereocenters. The Bertz CT molecular complexity index is 443. The maximum atomic E-state index is 11.5. The van der Waals surface area contributed by atoms with E-state index < -0.39 is 5.60 Å². The maximum absolute atomic E-state index is 11.5. The Labute approximate surface area is 93.8 Å². The molecular weight excluding hydrogens is 208 g/mol.